The minimum Gasteiger partial charge on any atom is -0.497 e. The first-order valence-electron chi connectivity index (χ1n) is 15.2. The summed E-state index contributed by atoms with van der Waals surface area (Å²) in [6.07, 6.45) is 1.93. The molecule has 4 aromatic carbocycles. The average molecular weight is 662 g/mol. The molecule has 0 aliphatic heterocycles. The number of nitrogens with zero attached hydrogens (tertiary/aromatic N) is 2. The largest absolute Gasteiger partial charge is 0.497 e. The number of carbonyl (C=O) groups is 2. The number of rotatable bonds is 15. The second-order valence-electron chi connectivity index (χ2n) is 11.0. The molecule has 0 spiro atoms. The Balaban J connectivity index is 1.80. The van der Waals surface area contributed by atoms with Gasteiger partial charge in [-0.3, -0.25) is 13.9 Å². The molecule has 0 bridgehead atoms. The molecule has 10 heteroatoms. The predicted octanol–water partition coefficient (Wildman–Crippen LogP) is 6.41. The number of benzene rings is 4. The van der Waals surface area contributed by atoms with Crippen molar-refractivity contribution in [3.8, 4) is 5.75 Å². The average Bonchev–Trinajstić information content (AvgIpc) is 3.06. The van der Waals surface area contributed by atoms with E-state index in [4.69, 9.17) is 16.3 Å². The zero-order valence-electron chi connectivity index (χ0n) is 26.4. The van der Waals surface area contributed by atoms with Crippen molar-refractivity contribution in [2.24, 2.45) is 0 Å². The van der Waals surface area contributed by atoms with Crippen LogP contribution in [0.15, 0.2) is 108 Å². The van der Waals surface area contributed by atoms with Crippen molar-refractivity contribution in [2.45, 2.75) is 50.6 Å². The van der Waals surface area contributed by atoms with Crippen LogP contribution in [-0.4, -0.2) is 51.4 Å². The molecular weight excluding hydrogens is 622 g/mol. The van der Waals surface area contributed by atoms with Crippen LogP contribution in [0.25, 0.3) is 0 Å². The van der Waals surface area contributed by atoms with Crippen LogP contribution in [-0.2, 0) is 32.6 Å². The van der Waals surface area contributed by atoms with Gasteiger partial charge in [0, 0.05) is 24.5 Å². The molecule has 1 atom stereocenters. The highest BCUT2D eigenvalue weighted by Crippen LogP contribution is 2.28. The first-order valence-corrected chi connectivity index (χ1v) is 17.0. The van der Waals surface area contributed by atoms with Gasteiger partial charge in [-0.15, -0.1) is 0 Å². The van der Waals surface area contributed by atoms with Crippen molar-refractivity contribution >= 4 is 39.1 Å². The standard InChI is InChI=1S/C36H40ClN3O5S/c1-4-5-22-38-36(42)34(23-28-13-7-6-8-14-28)39(25-29-15-10-9-12-27(29)2)35(41)26-40(31-17-11-16-30(37)24-31)46(43,44)33-20-18-32(45-3)19-21-33/h6-21,24,34H,4-5,22-23,25-26H2,1-3H3,(H,38,42). The van der Waals surface area contributed by atoms with E-state index in [0.717, 1.165) is 33.8 Å². The van der Waals surface area contributed by atoms with E-state index in [1.165, 1.54) is 30.2 Å². The highest BCUT2D eigenvalue weighted by atomic mass is 35.5. The van der Waals surface area contributed by atoms with Crippen molar-refractivity contribution in [1.82, 2.24) is 10.2 Å². The van der Waals surface area contributed by atoms with Crippen LogP contribution < -0.4 is 14.4 Å². The number of hydrogen-bond donors (Lipinski definition) is 1. The number of ether oxygens (including phenoxy) is 1. The SMILES string of the molecule is CCCCNC(=O)C(Cc1ccccc1)N(Cc1ccccc1C)C(=O)CN(c1cccc(Cl)c1)S(=O)(=O)c1ccc(OC)cc1. The molecule has 0 fully saturated rings. The minimum absolute atomic E-state index is 0.0235. The van der Waals surface area contributed by atoms with Crippen molar-refractivity contribution < 1.29 is 22.7 Å². The zero-order valence-corrected chi connectivity index (χ0v) is 27.9. The molecule has 0 saturated heterocycles. The third-order valence-electron chi connectivity index (χ3n) is 7.73. The molecule has 0 aromatic heterocycles. The topological polar surface area (TPSA) is 96.0 Å². The minimum atomic E-state index is -4.26. The van der Waals surface area contributed by atoms with Crippen LogP contribution in [0.3, 0.4) is 0 Å². The van der Waals surface area contributed by atoms with Crippen LogP contribution in [0.5, 0.6) is 5.75 Å². The summed E-state index contributed by atoms with van der Waals surface area (Å²) in [6, 6.07) is 28.5. The summed E-state index contributed by atoms with van der Waals surface area (Å²) < 4.78 is 34.6. The Hall–Kier alpha value is -4.34. The number of unbranched alkanes of at least 4 members (excludes halogenated alkanes) is 1. The van der Waals surface area contributed by atoms with E-state index < -0.39 is 28.5 Å². The lowest BCUT2D eigenvalue weighted by Gasteiger charge is -2.34. The predicted molar refractivity (Wildman–Crippen MR) is 183 cm³/mol. The van der Waals surface area contributed by atoms with Gasteiger partial charge in [0.2, 0.25) is 11.8 Å². The Morgan fingerprint density at radius 1 is 0.913 bits per heavy atom. The lowest BCUT2D eigenvalue weighted by Crippen LogP contribution is -2.53. The number of nitrogens with one attached hydrogen (secondary N) is 1. The maximum absolute atomic E-state index is 14.6. The summed E-state index contributed by atoms with van der Waals surface area (Å²) >= 11 is 6.30. The number of hydrogen-bond acceptors (Lipinski definition) is 5. The molecule has 1 N–H and O–H groups in total. The fraction of sp³-hybridized carbons (Fsp3) is 0.278. The van der Waals surface area contributed by atoms with Gasteiger partial charge in [-0.2, -0.15) is 0 Å². The van der Waals surface area contributed by atoms with Gasteiger partial charge >= 0.3 is 0 Å². The summed E-state index contributed by atoms with van der Waals surface area (Å²) in [5.41, 5.74) is 2.89. The van der Waals surface area contributed by atoms with Gasteiger partial charge in [-0.05, 0) is 72.5 Å². The molecule has 4 rings (SSSR count). The van der Waals surface area contributed by atoms with Gasteiger partial charge in [0.25, 0.3) is 10.0 Å². The van der Waals surface area contributed by atoms with Crippen LogP contribution in [0.2, 0.25) is 5.02 Å². The summed E-state index contributed by atoms with van der Waals surface area (Å²) in [5, 5.41) is 3.32. The lowest BCUT2D eigenvalue weighted by atomic mass is 10.0. The lowest BCUT2D eigenvalue weighted by molar-refractivity contribution is -0.140. The molecule has 2 amide bonds. The van der Waals surface area contributed by atoms with Crippen molar-refractivity contribution in [3.63, 3.8) is 0 Å². The Morgan fingerprint density at radius 2 is 1.61 bits per heavy atom. The van der Waals surface area contributed by atoms with E-state index in [1.54, 1.807) is 30.3 Å². The Kier molecular flexibility index (Phi) is 12.2. The summed E-state index contributed by atoms with van der Waals surface area (Å²) in [4.78, 5) is 29.9. The quantitative estimate of drug-likeness (QED) is 0.149. The van der Waals surface area contributed by atoms with Gasteiger partial charge in [0.15, 0.2) is 0 Å². The van der Waals surface area contributed by atoms with Crippen molar-refractivity contribution in [2.75, 3.05) is 24.5 Å². The number of sulfonamides is 1. The van der Waals surface area contributed by atoms with Gasteiger partial charge < -0.3 is 15.0 Å². The van der Waals surface area contributed by atoms with Gasteiger partial charge in [0.1, 0.15) is 18.3 Å². The number of anilines is 1. The second-order valence-corrected chi connectivity index (χ2v) is 13.3. The summed E-state index contributed by atoms with van der Waals surface area (Å²) in [5.74, 6) is -0.343. The molecule has 8 nitrogen and oxygen atoms in total. The molecule has 0 aliphatic carbocycles. The fourth-order valence-corrected chi connectivity index (χ4v) is 6.66. The van der Waals surface area contributed by atoms with Crippen LogP contribution in [0.1, 0.15) is 36.5 Å². The normalized spacial score (nSPS) is 11.8. The monoisotopic (exact) mass is 661 g/mol. The van der Waals surface area contributed by atoms with Crippen molar-refractivity contribution in [3.05, 3.63) is 125 Å². The molecule has 46 heavy (non-hydrogen) atoms. The molecule has 0 aliphatic rings. The zero-order chi connectivity index (χ0) is 33.1. The molecule has 242 valence electrons. The van der Waals surface area contributed by atoms with E-state index in [9.17, 15) is 18.0 Å². The highest BCUT2D eigenvalue weighted by molar-refractivity contribution is 7.92. The van der Waals surface area contributed by atoms with E-state index >= 15 is 0 Å². The number of aryl methyl sites for hydroxylation is 1. The maximum Gasteiger partial charge on any atom is 0.264 e. The van der Waals surface area contributed by atoms with Gasteiger partial charge in [-0.1, -0.05) is 85.6 Å². The maximum atomic E-state index is 14.6. The molecule has 4 aromatic rings. The first-order chi connectivity index (χ1) is 22.1. The van der Waals surface area contributed by atoms with Gasteiger partial charge in [-0.25, -0.2) is 8.42 Å². The molecule has 0 saturated carbocycles. The Bertz CT molecular complexity index is 1720. The summed E-state index contributed by atoms with van der Waals surface area (Å²) in [7, 11) is -2.76. The highest BCUT2D eigenvalue weighted by Gasteiger charge is 2.35. The number of carbonyl (C=O) groups excluding carboxylic acids is 2. The summed E-state index contributed by atoms with van der Waals surface area (Å²) in [6.45, 7) is 3.99. The van der Waals surface area contributed by atoms with Crippen LogP contribution >= 0.6 is 11.6 Å². The third-order valence-corrected chi connectivity index (χ3v) is 9.75. The first kappa shape index (κ1) is 34.5. The third kappa shape index (κ3) is 8.89. The molecule has 0 radical (unpaired) electrons. The number of halogens is 1. The smallest absolute Gasteiger partial charge is 0.264 e. The van der Waals surface area contributed by atoms with Crippen LogP contribution in [0, 0.1) is 6.92 Å². The number of methoxy groups -OCH3 is 1. The van der Waals surface area contributed by atoms with Crippen LogP contribution in [0.4, 0.5) is 5.69 Å². The van der Waals surface area contributed by atoms with E-state index in [1.807, 2.05) is 68.4 Å². The van der Waals surface area contributed by atoms with E-state index in [-0.39, 0.29) is 29.5 Å². The second kappa shape index (κ2) is 16.3. The van der Waals surface area contributed by atoms with Gasteiger partial charge in [0.05, 0.1) is 17.7 Å². The fourth-order valence-electron chi connectivity index (χ4n) is 5.07. The molecule has 1 unspecified atom stereocenters. The Morgan fingerprint density at radius 3 is 2.26 bits per heavy atom. The number of amides is 2. The van der Waals surface area contributed by atoms with Crippen molar-refractivity contribution in [1.29, 1.82) is 0 Å². The Labute approximate surface area is 277 Å². The molecule has 0 heterocycles. The molecular formula is C36H40ClN3O5S. The van der Waals surface area contributed by atoms with E-state index in [0.29, 0.717) is 17.3 Å². The van der Waals surface area contributed by atoms with E-state index in [2.05, 4.69) is 5.32 Å².